The minimum absolute atomic E-state index is 0.170. The molecule has 3 aromatic rings. The topological polar surface area (TPSA) is 75.9 Å². The van der Waals surface area contributed by atoms with Crippen LogP contribution in [0, 0.1) is 5.92 Å². The molecular weight excluding hydrogens is 456 g/mol. The van der Waals surface area contributed by atoms with Gasteiger partial charge in [-0.1, -0.05) is 35.8 Å². The standard InChI is InChI=1S/C23H29BrN6O/c1-14(2)12-30-13-18-21(20-17-11-16(24)7-6-15(17)10-19(20)31)26-23(27-22(18)28-30)25-8-5-9-29(3)4/h6-7,11,13-14,20H,5,8-10,12H2,1-4H3,(H,25,27,28). The molecule has 2 aromatic heterocycles. The number of nitrogens with zero attached hydrogens (tertiary/aromatic N) is 5. The Labute approximate surface area is 191 Å². The first-order valence-electron chi connectivity index (χ1n) is 10.8. The molecule has 2 heterocycles. The van der Waals surface area contributed by atoms with Crippen molar-refractivity contribution in [3.63, 3.8) is 0 Å². The van der Waals surface area contributed by atoms with Crippen LogP contribution in [0.2, 0.25) is 0 Å². The van der Waals surface area contributed by atoms with Crippen LogP contribution in [0.3, 0.4) is 0 Å². The highest BCUT2D eigenvalue weighted by atomic mass is 79.9. The maximum atomic E-state index is 13.1. The van der Waals surface area contributed by atoms with Crippen LogP contribution in [0.15, 0.2) is 28.9 Å². The van der Waals surface area contributed by atoms with Crippen molar-refractivity contribution in [2.45, 2.75) is 39.2 Å². The highest BCUT2D eigenvalue weighted by molar-refractivity contribution is 9.10. The van der Waals surface area contributed by atoms with E-state index in [1.54, 1.807) is 0 Å². The number of rotatable bonds is 8. The summed E-state index contributed by atoms with van der Waals surface area (Å²) in [5, 5.41) is 8.89. The Hall–Kier alpha value is -2.32. The summed E-state index contributed by atoms with van der Waals surface area (Å²) in [5.41, 5.74) is 3.48. The molecule has 1 atom stereocenters. The van der Waals surface area contributed by atoms with Crippen LogP contribution in [0.1, 0.15) is 43.0 Å². The minimum Gasteiger partial charge on any atom is -0.354 e. The fraction of sp³-hybridized carbons (Fsp3) is 0.478. The van der Waals surface area contributed by atoms with Gasteiger partial charge in [-0.05, 0) is 56.2 Å². The molecule has 164 valence electrons. The fourth-order valence-electron chi connectivity index (χ4n) is 4.09. The number of nitrogens with one attached hydrogen (secondary N) is 1. The third-order valence-corrected chi connectivity index (χ3v) is 5.95. The molecule has 1 N–H and O–H groups in total. The van der Waals surface area contributed by atoms with Crippen molar-refractivity contribution in [3.8, 4) is 0 Å². The first-order chi connectivity index (χ1) is 14.8. The monoisotopic (exact) mass is 484 g/mol. The maximum Gasteiger partial charge on any atom is 0.225 e. The summed E-state index contributed by atoms with van der Waals surface area (Å²) in [6, 6.07) is 6.06. The maximum absolute atomic E-state index is 13.1. The zero-order chi connectivity index (χ0) is 22.1. The molecule has 4 rings (SSSR count). The summed E-state index contributed by atoms with van der Waals surface area (Å²) in [5.74, 6) is 0.770. The third kappa shape index (κ3) is 4.80. The molecule has 0 amide bonds. The summed E-state index contributed by atoms with van der Waals surface area (Å²) >= 11 is 3.56. The molecule has 31 heavy (non-hydrogen) atoms. The molecule has 8 heteroatoms. The van der Waals surface area contributed by atoms with E-state index < -0.39 is 5.92 Å². The van der Waals surface area contributed by atoms with E-state index in [-0.39, 0.29) is 5.78 Å². The normalized spacial score (nSPS) is 16.0. The molecule has 1 unspecified atom stereocenters. The summed E-state index contributed by atoms with van der Waals surface area (Å²) in [6.07, 6.45) is 3.40. The number of benzene rings is 1. The lowest BCUT2D eigenvalue weighted by Gasteiger charge is -2.14. The molecule has 0 saturated carbocycles. The average molecular weight is 485 g/mol. The summed E-state index contributed by atoms with van der Waals surface area (Å²) in [4.78, 5) is 24.7. The Morgan fingerprint density at radius 1 is 1.29 bits per heavy atom. The second-order valence-electron chi connectivity index (χ2n) is 8.92. The SMILES string of the molecule is CC(C)Cn1cc2c(C3C(=O)Cc4ccc(Br)cc43)nc(NCCCN(C)C)nc2n1. The van der Waals surface area contributed by atoms with Gasteiger partial charge in [0, 0.05) is 30.2 Å². The number of aromatic nitrogens is 4. The highest BCUT2D eigenvalue weighted by Crippen LogP contribution is 2.39. The number of Topliss-reactive ketones (excluding diaryl/α,β-unsaturated/α-hetero) is 1. The number of halogens is 1. The Balaban J connectivity index is 1.76. The van der Waals surface area contributed by atoms with Crippen molar-refractivity contribution in [1.82, 2.24) is 24.6 Å². The summed E-state index contributed by atoms with van der Waals surface area (Å²) in [6.45, 7) is 6.85. The van der Waals surface area contributed by atoms with Crippen molar-refractivity contribution in [3.05, 3.63) is 45.7 Å². The van der Waals surface area contributed by atoms with E-state index >= 15 is 0 Å². The van der Waals surface area contributed by atoms with Crippen LogP contribution >= 0.6 is 15.9 Å². The molecule has 0 aliphatic heterocycles. The van der Waals surface area contributed by atoms with E-state index in [0.29, 0.717) is 23.9 Å². The van der Waals surface area contributed by atoms with Crippen molar-refractivity contribution < 1.29 is 4.79 Å². The lowest BCUT2D eigenvalue weighted by molar-refractivity contribution is -0.118. The average Bonchev–Trinajstić information content (AvgIpc) is 3.23. The Kier molecular flexibility index (Phi) is 6.39. The second kappa shape index (κ2) is 9.04. The fourth-order valence-corrected chi connectivity index (χ4v) is 4.47. The summed E-state index contributed by atoms with van der Waals surface area (Å²) < 4.78 is 2.89. The van der Waals surface area contributed by atoms with Crippen LogP contribution in [0.5, 0.6) is 0 Å². The van der Waals surface area contributed by atoms with Crippen LogP contribution < -0.4 is 5.32 Å². The number of hydrogen-bond acceptors (Lipinski definition) is 6. The zero-order valence-corrected chi connectivity index (χ0v) is 20.1. The Morgan fingerprint density at radius 2 is 2.10 bits per heavy atom. The summed E-state index contributed by atoms with van der Waals surface area (Å²) in [7, 11) is 4.12. The number of hydrogen-bond donors (Lipinski definition) is 1. The molecule has 0 spiro atoms. The number of carbonyl (C=O) groups is 1. The Bertz CT molecular complexity index is 1110. The molecule has 0 radical (unpaired) electrons. The molecule has 1 aromatic carbocycles. The quantitative estimate of drug-likeness (QED) is 0.489. The van der Waals surface area contributed by atoms with Crippen molar-refractivity contribution in [1.29, 1.82) is 0 Å². The van der Waals surface area contributed by atoms with Gasteiger partial charge in [0.05, 0.1) is 17.0 Å². The largest absolute Gasteiger partial charge is 0.354 e. The number of ketones is 1. The van der Waals surface area contributed by atoms with E-state index in [1.807, 2.05) is 29.1 Å². The van der Waals surface area contributed by atoms with Gasteiger partial charge in [0.1, 0.15) is 0 Å². The van der Waals surface area contributed by atoms with Gasteiger partial charge in [0.2, 0.25) is 5.95 Å². The molecule has 0 bridgehead atoms. The van der Waals surface area contributed by atoms with Gasteiger partial charge in [-0.3, -0.25) is 9.48 Å². The van der Waals surface area contributed by atoms with Crippen LogP contribution in [0.25, 0.3) is 11.0 Å². The van der Waals surface area contributed by atoms with Gasteiger partial charge in [-0.2, -0.15) is 10.1 Å². The second-order valence-corrected chi connectivity index (χ2v) is 9.83. The van der Waals surface area contributed by atoms with Crippen LogP contribution in [-0.2, 0) is 17.8 Å². The van der Waals surface area contributed by atoms with Gasteiger partial charge in [-0.25, -0.2) is 4.98 Å². The zero-order valence-electron chi connectivity index (χ0n) is 18.5. The van der Waals surface area contributed by atoms with Crippen molar-refractivity contribution >= 4 is 38.7 Å². The van der Waals surface area contributed by atoms with Crippen LogP contribution in [0.4, 0.5) is 5.95 Å². The third-order valence-electron chi connectivity index (χ3n) is 5.45. The van der Waals surface area contributed by atoms with E-state index in [9.17, 15) is 4.79 Å². The lowest BCUT2D eigenvalue weighted by Crippen LogP contribution is -2.18. The minimum atomic E-state index is -0.392. The lowest BCUT2D eigenvalue weighted by atomic mass is 9.95. The molecule has 1 aliphatic carbocycles. The first kappa shape index (κ1) is 21.9. The van der Waals surface area contributed by atoms with Gasteiger partial charge in [0.15, 0.2) is 11.4 Å². The van der Waals surface area contributed by atoms with Gasteiger partial charge >= 0.3 is 0 Å². The Morgan fingerprint density at radius 3 is 2.84 bits per heavy atom. The molecular formula is C23H29BrN6O. The highest BCUT2D eigenvalue weighted by Gasteiger charge is 2.35. The van der Waals surface area contributed by atoms with E-state index in [4.69, 9.17) is 10.1 Å². The molecule has 1 aliphatic rings. The number of anilines is 1. The first-order valence-corrected chi connectivity index (χ1v) is 11.6. The van der Waals surface area contributed by atoms with Crippen LogP contribution in [-0.4, -0.2) is 57.6 Å². The number of fused-ring (bicyclic) bond motifs is 2. The van der Waals surface area contributed by atoms with Crippen molar-refractivity contribution in [2.24, 2.45) is 5.92 Å². The van der Waals surface area contributed by atoms with Crippen molar-refractivity contribution in [2.75, 3.05) is 32.5 Å². The predicted molar refractivity (Wildman–Crippen MR) is 127 cm³/mol. The van der Waals surface area contributed by atoms with Gasteiger partial charge < -0.3 is 10.2 Å². The predicted octanol–water partition coefficient (Wildman–Crippen LogP) is 3.87. The van der Waals surface area contributed by atoms with E-state index in [0.717, 1.165) is 52.7 Å². The molecule has 7 nitrogen and oxygen atoms in total. The smallest absolute Gasteiger partial charge is 0.225 e. The molecule has 0 fully saturated rings. The van der Waals surface area contributed by atoms with Gasteiger partial charge in [-0.15, -0.1) is 0 Å². The van der Waals surface area contributed by atoms with E-state index in [2.05, 4.69) is 59.1 Å². The molecule has 0 saturated heterocycles. The van der Waals surface area contributed by atoms with E-state index in [1.165, 1.54) is 0 Å². The number of carbonyl (C=O) groups excluding carboxylic acids is 1. The van der Waals surface area contributed by atoms with Gasteiger partial charge in [0.25, 0.3) is 0 Å².